The van der Waals surface area contributed by atoms with Gasteiger partial charge in [-0.2, -0.15) is 0 Å². The number of hydrogen-bond acceptors (Lipinski definition) is 6. The maximum atomic E-state index is 13.2. The minimum absolute atomic E-state index is 0.00312. The van der Waals surface area contributed by atoms with Gasteiger partial charge in [-0.3, -0.25) is 4.79 Å². The summed E-state index contributed by atoms with van der Waals surface area (Å²) in [5.41, 5.74) is 1.66. The molecule has 3 N–H and O–H groups in total. The van der Waals surface area contributed by atoms with Gasteiger partial charge in [-0.05, 0) is 37.3 Å². The van der Waals surface area contributed by atoms with E-state index >= 15 is 0 Å². The number of aliphatic hydroxyl groups excluding tert-OH is 1. The second kappa shape index (κ2) is 11.7. The third-order valence-electron chi connectivity index (χ3n) is 6.21. The van der Waals surface area contributed by atoms with E-state index in [1.807, 2.05) is 25.1 Å². The topological polar surface area (TPSA) is 128 Å². The molecule has 36 heavy (non-hydrogen) atoms. The van der Waals surface area contributed by atoms with Crippen LogP contribution in [0.15, 0.2) is 48.5 Å². The summed E-state index contributed by atoms with van der Waals surface area (Å²) < 4.78 is 31.6. The molecule has 196 valence electrons. The SMILES string of the molecule is C[C@H]1CN([C@@H](C)CO)C(=O)Cc2cc(NC(=O)Nc3ccccc3)ccc2O[C@@H]1CN(C)S(C)(=O)=O. The van der Waals surface area contributed by atoms with Crippen molar-refractivity contribution in [1.29, 1.82) is 0 Å². The fraction of sp³-hybridized carbons (Fsp3) is 0.440. The van der Waals surface area contributed by atoms with Crippen LogP contribution in [0.5, 0.6) is 5.75 Å². The van der Waals surface area contributed by atoms with Crippen molar-refractivity contribution >= 4 is 33.3 Å². The Morgan fingerprint density at radius 2 is 1.86 bits per heavy atom. The van der Waals surface area contributed by atoms with E-state index in [1.54, 1.807) is 42.2 Å². The Labute approximate surface area is 212 Å². The highest BCUT2D eigenvalue weighted by atomic mass is 32.2. The van der Waals surface area contributed by atoms with Gasteiger partial charge in [0.1, 0.15) is 11.9 Å². The zero-order valence-electron chi connectivity index (χ0n) is 21.0. The smallest absolute Gasteiger partial charge is 0.323 e. The Hall–Kier alpha value is -3.15. The average molecular weight is 519 g/mol. The number of para-hydroxylation sites is 1. The Bertz CT molecular complexity index is 1170. The van der Waals surface area contributed by atoms with Crippen LogP contribution >= 0.6 is 0 Å². The molecule has 2 aromatic rings. The first-order valence-corrected chi connectivity index (χ1v) is 13.6. The Balaban J connectivity index is 1.90. The Kier molecular flexibility index (Phi) is 8.93. The second-order valence-corrected chi connectivity index (χ2v) is 11.3. The number of urea groups is 1. The van der Waals surface area contributed by atoms with Gasteiger partial charge in [-0.25, -0.2) is 17.5 Å². The van der Waals surface area contributed by atoms with Gasteiger partial charge in [-0.15, -0.1) is 0 Å². The second-order valence-electron chi connectivity index (χ2n) is 9.20. The summed E-state index contributed by atoms with van der Waals surface area (Å²) in [6.45, 7) is 3.82. The highest BCUT2D eigenvalue weighted by molar-refractivity contribution is 7.88. The third-order valence-corrected chi connectivity index (χ3v) is 7.49. The first kappa shape index (κ1) is 27.4. The van der Waals surface area contributed by atoms with Crippen molar-refractivity contribution in [2.75, 3.05) is 43.6 Å². The van der Waals surface area contributed by atoms with E-state index in [0.717, 1.165) is 6.26 Å². The molecule has 10 nitrogen and oxygen atoms in total. The molecule has 0 aromatic heterocycles. The van der Waals surface area contributed by atoms with E-state index in [2.05, 4.69) is 10.6 Å². The van der Waals surface area contributed by atoms with E-state index in [-0.39, 0.29) is 31.4 Å². The van der Waals surface area contributed by atoms with Crippen molar-refractivity contribution in [2.24, 2.45) is 5.92 Å². The molecular formula is C25H34N4O6S. The molecule has 1 heterocycles. The summed E-state index contributed by atoms with van der Waals surface area (Å²) in [4.78, 5) is 27.3. The van der Waals surface area contributed by atoms with Crippen LogP contribution in [-0.4, -0.2) is 79.8 Å². The first-order chi connectivity index (χ1) is 17.0. The van der Waals surface area contributed by atoms with Crippen molar-refractivity contribution in [3.63, 3.8) is 0 Å². The summed E-state index contributed by atoms with van der Waals surface area (Å²) in [5.74, 6) is 0.0124. The Morgan fingerprint density at radius 1 is 1.19 bits per heavy atom. The number of aliphatic hydroxyl groups is 1. The predicted octanol–water partition coefficient (Wildman–Crippen LogP) is 2.37. The number of hydrogen-bond donors (Lipinski definition) is 3. The van der Waals surface area contributed by atoms with Gasteiger partial charge in [0.05, 0.1) is 31.9 Å². The number of carbonyl (C=O) groups excluding carboxylic acids is 2. The van der Waals surface area contributed by atoms with Gasteiger partial charge in [0.2, 0.25) is 15.9 Å². The number of likely N-dealkylation sites (N-methyl/N-ethyl adjacent to an activating group) is 1. The number of anilines is 2. The van der Waals surface area contributed by atoms with Crippen LogP contribution in [0, 0.1) is 5.92 Å². The van der Waals surface area contributed by atoms with Crippen molar-refractivity contribution in [3.05, 3.63) is 54.1 Å². The van der Waals surface area contributed by atoms with E-state index in [9.17, 15) is 23.1 Å². The zero-order chi connectivity index (χ0) is 26.5. The lowest BCUT2D eigenvalue weighted by Crippen LogP contribution is -2.48. The number of sulfonamides is 1. The monoisotopic (exact) mass is 518 g/mol. The van der Waals surface area contributed by atoms with Crippen molar-refractivity contribution in [3.8, 4) is 5.75 Å². The van der Waals surface area contributed by atoms with Gasteiger partial charge in [-0.1, -0.05) is 25.1 Å². The number of carbonyl (C=O) groups is 2. The molecule has 0 saturated heterocycles. The van der Waals surface area contributed by atoms with Crippen LogP contribution in [0.3, 0.4) is 0 Å². The normalized spacial score (nSPS) is 19.4. The summed E-state index contributed by atoms with van der Waals surface area (Å²) in [5, 5.41) is 15.2. The van der Waals surface area contributed by atoms with Crippen molar-refractivity contribution in [1.82, 2.24) is 9.21 Å². The highest BCUT2D eigenvalue weighted by Gasteiger charge is 2.32. The minimum Gasteiger partial charge on any atom is -0.488 e. The van der Waals surface area contributed by atoms with Crippen LogP contribution < -0.4 is 15.4 Å². The molecule has 0 fully saturated rings. The lowest BCUT2D eigenvalue weighted by Gasteiger charge is -2.33. The zero-order valence-corrected chi connectivity index (χ0v) is 21.8. The molecule has 3 atom stereocenters. The van der Waals surface area contributed by atoms with Gasteiger partial charge >= 0.3 is 6.03 Å². The van der Waals surface area contributed by atoms with Gasteiger partial charge in [0.15, 0.2) is 0 Å². The number of nitrogens with one attached hydrogen (secondary N) is 2. The molecule has 0 radical (unpaired) electrons. The summed E-state index contributed by atoms with van der Waals surface area (Å²) in [6.07, 6.45) is 0.572. The van der Waals surface area contributed by atoms with Crippen LogP contribution in [0.2, 0.25) is 0 Å². The molecule has 1 aliphatic heterocycles. The fourth-order valence-electron chi connectivity index (χ4n) is 3.93. The van der Waals surface area contributed by atoms with E-state index in [4.69, 9.17) is 4.74 Å². The molecule has 0 spiro atoms. The van der Waals surface area contributed by atoms with Gasteiger partial charge in [0.25, 0.3) is 0 Å². The lowest BCUT2D eigenvalue weighted by atomic mass is 10.0. The average Bonchev–Trinajstić information content (AvgIpc) is 2.86. The first-order valence-electron chi connectivity index (χ1n) is 11.7. The number of nitrogens with zero attached hydrogens (tertiary/aromatic N) is 2. The van der Waals surface area contributed by atoms with E-state index < -0.39 is 28.2 Å². The van der Waals surface area contributed by atoms with Crippen molar-refractivity contribution in [2.45, 2.75) is 32.4 Å². The maximum Gasteiger partial charge on any atom is 0.323 e. The quantitative estimate of drug-likeness (QED) is 0.516. The Morgan fingerprint density at radius 3 is 2.50 bits per heavy atom. The van der Waals surface area contributed by atoms with Crippen LogP contribution in [-0.2, 0) is 21.2 Å². The molecule has 3 amide bonds. The van der Waals surface area contributed by atoms with Gasteiger partial charge in [0, 0.05) is 36.4 Å². The van der Waals surface area contributed by atoms with Crippen LogP contribution in [0.4, 0.5) is 16.2 Å². The molecule has 0 bridgehead atoms. The molecule has 3 rings (SSSR count). The highest BCUT2D eigenvalue weighted by Crippen LogP contribution is 2.29. The fourth-order valence-corrected chi connectivity index (χ4v) is 4.35. The molecule has 11 heteroatoms. The molecular weight excluding hydrogens is 484 g/mol. The predicted molar refractivity (Wildman–Crippen MR) is 139 cm³/mol. The molecule has 2 aromatic carbocycles. The molecule has 0 saturated carbocycles. The minimum atomic E-state index is -3.45. The largest absolute Gasteiger partial charge is 0.488 e. The summed E-state index contributed by atoms with van der Waals surface area (Å²) in [6, 6.07) is 13.2. The van der Waals surface area contributed by atoms with E-state index in [0.29, 0.717) is 29.2 Å². The standard InChI is InChI=1S/C25H34N4O6S/c1-17-14-29(18(2)16-30)24(31)13-19-12-21(27-25(32)26-20-8-6-5-7-9-20)10-11-22(19)35-23(17)15-28(3)36(4,33)34/h5-12,17-18,23,30H,13-16H2,1-4H3,(H2,26,27,32)/t17-,18-,23+/m0/s1. The lowest BCUT2D eigenvalue weighted by molar-refractivity contribution is -0.134. The number of amides is 3. The molecule has 0 aliphatic carbocycles. The third kappa shape index (κ3) is 7.19. The van der Waals surface area contributed by atoms with Crippen LogP contribution in [0.25, 0.3) is 0 Å². The van der Waals surface area contributed by atoms with Crippen LogP contribution in [0.1, 0.15) is 19.4 Å². The maximum absolute atomic E-state index is 13.2. The molecule has 0 unspecified atom stereocenters. The number of ether oxygens (including phenoxy) is 1. The van der Waals surface area contributed by atoms with E-state index in [1.165, 1.54) is 11.4 Å². The number of rotatable bonds is 7. The summed E-state index contributed by atoms with van der Waals surface area (Å²) >= 11 is 0. The number of benzene rings is 2. The summed E-state index contributed by atoms with van der Waals surface area (Å²) in [7, 11) is -1.96. The van der Waals surface area contributed by atoms with Gasteiger partial charge < -0.3 is 25.4 Å². The molecule has 1 aliphatic rings. The number of fused-ring (bicyclic) bond motifs is 1. The van der Waals surface area contributed by atoms with Crippen molar-refractivity contribution < 1.29 is 27.9 Å².